The molecule has 150 valence electrons. The fourth-order valence-corrected chi connectivity index (χ4v) is 4.17. The highest BCUT2D eigenvalue weighted by Gasteiger charge is 2.47. The molecule has 0 aliphatic carbocycles. The van der Waals surface area contributed by atoms with Crippen LogP contribution in [0.3, 0.4) is 0 Å². The van der Waals surface area contributed by atoms with Gasteiger partial charge < -0.3 is 9.57 Å². The summed E-state index contributed by atoms with van der Waals surface area (Å²) in [5, 5.41) is 4.28. The summed E-state index contributed by atoms with van der Waals surface area (Å²) >= 11 is 0. The van der Waals surface area contributed by atoms with Gasteiger partial charge in [-0.1, -0.05) is 12.1 Å². The molecule has 2 heterocycles. The predicted octanol–water partition coefficient (Wildman–Crippen LogP) is 5.12. The normalized spacial score (nSPS) is 26.8. The van der Waals surface area contributed by atoms with Crippen LogP contribution < -0.4 is 4.74 Å². The lowest BCUT2D eigenvalue weighted by atomic mass is 9.79. The van der Waals surface area contributed by atoms with Crippen molar-refractivity contribution in [3.8, 4) is 5.75 Å². The van der Waals surface area contributed by atoms with Gasteiger partial charge in [-0.05, 0) is 57.0 Å². The highest BCUT2D eigenvalue weighted by atomic mass is 19.4. The number of hydrogen-bond donors (Lipinski definition) is 0. The fourth-order valence-electron chi connectivity index (χ4n) is 4.17. The Hall–Kier alpha value is -1.76. The summed E-state index contributed by atoms with van der Waals surface area (Å²) in [7, 11) is 0. The lowest BCUT2D eigenvalue weighted by Gasteiger charge is -2.49. The third-order valence-electron chi connectivity index (χ3n) is 5.45. The van der Waals surface area contributed by atoms with Crippen molar-refractivity contribution in [2.45, 2.75) is 76.9 Å². The van der Waals surface area contributed by atoms with Crippen molar-refractivity contribution in [1.82, 2.24) is 4.90 Å². The molecule has 0 bridgehead atoms. The second-order valence-corrected chi connectivity index (χ2v) is 8.44. The smallest absolute Gasteiger partial charge is 0.406 e. The second kappa shape index (κ2) is 7.00. The summed E-state index contributed by atoms with van der Waals surface area (Å²) in [6.45, 7) is 9.84. The van der Waals surface area contributed by atoms with Crippen molar-refractivity contribution in [2.24, 2.45) is 5.16 Å². The van der Waals surface area contributed by atoms with Gasteiger partial charge >= 0.3 is 6.36 Å². The molecule has 1 spiro atoms. The summed E-state index contributed by atoms with van der Waals surface area (Å²) in [6, 6.07) is 6.25. The minimum atomic E-state index is -4.68. The molecule has 3 rings (SSSR count). The number of hydrogen-bond acceptors (Lipinski definition) is 4. The summed E-state index contributed by atoms with van der Waals surface area (Å²) < 4.78 is 40.8. The van der Waals surface area contributed by atoms with Crippen LogP contribution in [0, 0.1) is 0 Å². The zero-order chi connectivity index (χ0) is 19.9. The number of rotatable bonds is 3. The molecule has 0 N–H and O–H groups in total. The Morgan fingerprint density at radius 2 is 1.89 bits per heavy atom. The van der Waals surface area contributed by atoms with E-state index in [9.17, 15) is 13.2 Å². The van der Waals surface area contributed by atoms with Gasteiger partial charge in [0.15, 0.2) is 0 Å². The average molecular weight is 384 g/mol. The molecule has 2 atom stereocenters. The van der Waals surface area contributed by atoms with E-state index in [0.29, 0.717) is 12.5 Å². The number of halogens is 3. The quantitative estimate of drug-likeness (QED) is 0.725. The third-order valence-corrected chi connectivity index (χ3v) is 5.45. The largest absolute Gasteiger partial charge is 0.573 e. The monoisotopic (exact) mass is 384 g/mol. The Morgan fingerprint density at radius 3 is 2.44 bits per heavy atom. The lowest BCUT2D eigenvalue weighted by molar-refractivity contribution is -0.274. The van der Waals surface area contributed by atoms with E-state index < -0.39 is 6.36 Å². The highest BCUT2D eigenvalue weighted by Crippen LogP contribution is 2.41. The first-order chi connectivity index (χ1) is 12.5. The number of ether oxygens (including phenoxy) is 1. The Bertz CT molecular complexity index is 695. The Morgan fingerprint density at radius 1 is 1.22 bits per heavy atom. The molecule has 7 heteroatoms. The van der Waals surface area contributed by atoms with Crippen molar-refractivity contribution in [3.05, 3.63) is 29.8 Å². The van der Waals surface area contributed by atoms with Gasteiger partial charge in [0, 0.05) is 37.4 Å². The molecule has 2 aliphatic heterocycles. The van der Waals surface area contributed by atoms with Crippen LogP contribution in [0.2, 0.25) is 0 Å². The number of benzene rings is 1. The van der Waals surface area contributed by atoms with E-state index in [1.165, 1.54) is 12.1 Å². The molecular formula is C20H27F3N2O2. The number of piperidine rings is 1. The third kappa shape index (κ3) is 4.57. The second-order valence-electron chi connectivity index (χ2n) is 8.44. The fraction of sp³-hybridized carbons (Fsp3) is 0.650. The first kappa shape index (κ1) is 20.0. The molecule has 0 aromatic heterocycles. The maximum atomic E-state index is 12.3. The summed E-state index contributed by atoms with van der Waals surface area (Å²) in [5.74, 6) is -0.231. The van der Waals surface area contributed by atoms with E-state index >= 15 is 0 Å². The molecule has 0 amide bonds. The molecule has 1 aromatic rings. The Labute approximate surface area is 158 Å². The molecule has 27 heavy (non-hydrogen) atoms. The molecular weight excluding hydrogens is 357 g/mol. The molecule has 1 fully saturated rings. The van der Waals surface area contributed by atoms with Gasteiger partial charge in [-0.25, -0.2) is 0 Å². The summed E-state index contributed by atoms with van der Waals surface area (Å²) in [5.41, 5.74) is 1.36. The number of nitrogens with zero attached hydrogens (tertiary/aromatic N) is 2. The molecule has 0 unspecified atom stereocenters. The van der Waals surface area contributed by atoms with Gasteiger partial charge in [-0.15, -0.1) is 13.2 Å². The zero-order valence-electron chi connectivity index (χ0n) is 16.3. The van der Waals surface area contributed by atoms with Gasteiger partial charge in [-0.2, -0.15) is 0 Å². The number of likely N-dealkylation sites (tertiary alicyclic amines) is 1. The first-order valence-electron chi connectivity index (χ1n) is 9.39. The standard InChI is InChI=1S/C20H27F3N2O2/c1-5-15-12-19(10-11-25(15)18(2,3)4)13-17(24-27-19)14-6-8-16(9-7-14)26-20(21,22)23/h6-9,15H,5,10-13H2,1-4H3/t15-,19+/m0/s1. The minimum Gasteiger partial charge on any atom is -0.406 e. The Balaban J connectivity index is 1.68. The van der Waals surface area contributed by atoms with Crippen molar-refractivity contribution >= 4 is 5.71 Å². The van der Waals surface area contributed by atoms with Gasteiger partial charge in [0.25, 0.3) is 0 Å². The topological polar surface area (TPSA) is 34.1 Å². The maximum Gasteiger partial charge on any atom is 0.573 e. The predicted molar refractivity (Wildman–Crippen MR) is 97.9 cm³/mol. The van der Waals surface area contributed by atoms with Crippen LogP contribution in [-0.4, -0.2) is 40.7 Å². The zero-order valence-corrected chi connectivity index (χ0v) is 16.3. The van der Waals surface area contributed by atoms with Gasteiger partial charge in [0.2, 0.25) is 0 Å². The number of oxime groups is 1. The minimum absolute atomic E-state index is 0.110. The van der Waals surface area contributed by atoms with E-state index in [2.05, 4.69) is 42.5 Å². The van der Waals surface area contributed by atoms with Crippen LogP contribution in [0.4, 0.5) is 13.2 Å². The summed E-state index contributed by atoms with van der Waals surface area (Å²) in [4.78, 5) is 8.43. The van der Waals surface area contributed by atoms with E-state index in [1.54, 1.807) is 12.1 Å². The van der Waals surface area contributed by atoms with Crippen molar-refractivity contribution in [2.75, 3.05) is 6.54 Å². The van der Waals surface area contributed by atoms with Crippen LogP contribution in [0.5, 0.6) is 5.75 Å². The molecule has 2 aliphatic rings. The van der Waals surface area contributed by atoms with E-state index in [4.69, 9.17) is 4.84 Å². The van der Waals surface area contributed by atoms with Crippen LogP contribution >= 0.6 is 0 Å². The van der Waals surface area contributed by atoms with Crippen molar-refractivity contribution in [3.63, 3.8) is 0 Å². The average Bonchev–Trinajstić information content (AvgIpc) is 2.96. The van der Waals surface area contributed by atoms with Crippen LogP contribution in [0.15, 0.2) is 29.4 Å². The first-order valence-corrected chi connectivity index (χ1v) is 9.39. The van der Waals surface area contributed by atoms with Gasteiger partial charge in [-0.3, -0.25) is 4.90 Å². The molecule has 4 nitrogen and oxygen atoms in total. The Kier molecular flexibility index (Phi) is 5.18. The van der Waals surface area contributed by atoms with Crippen molar-refractivity contribution < 1.29 is 22.7 Å². The summed E-state index contributed by atoms with van der Waals surface area (Å²) in [6.07, 6.45) is -1.16. The maximum absolute atomic E-state index is 12.3. The molecule has 1 aromatic carbocycles. The van der Waals surface area contributed by atoms with Crippen LogP contribution in [0.25, 0.3) is 0 Å². The van der Waals surface area contributed by atoms with Crippen LogP contribution in [0.1, 0.15) is 58.9 Å². The SMILES string of the molecule is CC[C@H]1C[C@]2(CCN1C(C)(C)C)CC(c1ccc(OC(F)(F)F)cc1)=NO2. The van der Waals surface area contributed by atoms with Gasteiger partial charge in [0.1, 0.15) is 11.4 Å². The molecule has 0 radical (unpaired) electrons. The van der Waals surface area contributed by atoms with E-state index in [0.717, 1.165) is 37.1 Å². The van der Waals surface area contributed by atoms with Crippen LogP contribution in [-0.2, 0) is 4.84 Å². The molecule has 0 saturated carbocycles. The lowest BCUT2D eigenvalue weighted by Crippen LogP contribution is -2.56. The van der Waals surface area contributed by atoms with E-state index in [1.807, 2.05) is 0 Å². The molecule has 1 saturated heterocycles. The van der Waals surface area contributed by atoms with Crippen molar-refractivity contribution in [1.29, 1.82) is 0 Å². The highest BCUT2D eigenvalue weighted by molar-refractivity contribution is 6.01. The number of alkyl halides is 3. The van der Waals surface area contributed by atoms with Gasteiger partial charge in [0.05, 0.1) is 5.71 Å². The van der Waals surface area contributed by atoms with E-state index in [-0.39, 0.29) is 16.9 Å².